The average molecular weight is 249 g/mol. The number of nitrogens with one attached hydrogen (secondary N) is 1. The van der Waals surface area contributed by atoms with E-state index in [-0.39, 0.29) is 5.91 Å². The summed E-state index contributed by atoms with van der Waals surface area (Å²) in [7, 11) is 1.96. The first-order valence-corrected chi connectivity index (χ1v) is 6.37. The molecule has 4 nitrogen and oxygen atoms in total. The first-order valence-electron chi connectivity index (χ1n) is 6.37. The van der Waals surface area contributed by atoms with Crippen molar-refractivity contribution in [1.82, 2.24) is 4.90 Å². The lowest BCUT2D eigenvalue weighted by atomic mass is 10.2. The standard InChI is InChI=1S/C14H23N3O/c1-4-5-8-17(3)10-14(18)16-13-9-12(15)7-6-11(13)2/h6-7,9H,4-5,8,10,15H2,1-3H3,(H,16,18). The first-order chi connectivity index (χ1) is 8.52. The normalized spacial score (nSPS) is 10.7. The van der Waals surface area contributed by atoms with Crippen molar-refractivity contribution in [3.63, 3.8) is 0 Å². The van der Waals surface area contributed by atoms with Gasteiger partial charge in [-0.05, 0) is 44.6 Å². The molecule has 0 radical (unpaired) electrons. The highest BCUT2D eigenvalue weighted by Crippen LogP contribution is 2.17. The molecule has 1 amide bonds. The molecule has 0 atom stereocenters. The number of anilines is 2. The number of benzene rings is 1. The van der Waals surface area contributed by atoms with Gasteiger partial charge in [0, 0.05) is 11.4 Å². The van der Waals surface area contributed by atoms with E-state index in [4.69, 9.17) is 5.73 Å². The predicted molar refractivity (Wildman–Crippen MR) is 76.6 cm³/mol. The molecule has 0 aliphatic rings. The van der Waals surface area contributed by atoms with Gasteiger partial charge in [0.05, 0.1) is 6.54 Å². The number of rotatable bonds is 6. The van der Waals surface area contributed by atoms with Crippen LogP contribution in [-0.2, 0) is 4.79 Å². The summed E-state index contributed by atoms with van der Waals surface area (Å²) in [6, 6.07) is 5.53. The SMILES string of the molecule is CCCCN(C)CC(=O)Nc1cc(N)ccc1C. The number of hydrogen-bond donors (Lipinski definition) is 2. The second kappa shape index (κ2) is 7.01. The van der Waals surface area contributed by atoms with E-state index in [0.29, 0.717) is 12.2 Å². The Morgan fingerprint density at radius 2 is 2.17 bits per heavy atom. The van der Waals surface area contributed by atoms with Crippen LogP contribution in [0.2, 0.25) is 0 Å². The Labute approximate surface area is 109 Å². The third-order valence-electron chi connectivity index (χ3n) is 2.84. The monoisotopic (exact) mass is 249 g/mol. The van der Waals surface area contributed by atoms with Crippen molar-refractivity contribution in [2.24, 2.45) is 0 Å². The Morgan fingerprint density at radius 3 is 2.83 bits per heavy atom. The van der Waals surface area contributed by atoms with E-state index < -0.39 is 0 Å². The smallest absolute Gasteiger partial charge is 0.238 e. The average Bonchev–Trinajstić information content (AvgIpc) is 2.31. The molecule has 0 heterocycles. The minimum atomic E-state index is 0.00213. The molecule has 0 aliphatic carbocycles. The minimum Gasteiger partial charge on any atom is -0.399 e. The summed E-state index contributed by atoms with van der Waals surface area (Å²) in [6.45, 7) is 5.45. The fraction of sp³-hybridized carbons (Fsp3) is 0.500. The molecule has 1 aromatic rings. The highest BCUT2D eigenvalue weighted by atomic mass is 16.2. The van der Waals surface area contributed by atoms with E-state index in [0.717, 1.165) is 30.6 Å². The summed E-state index contributed by atoms with van der Waals surface area (Å²) >= 11 is 0. The van der Waals surface area contributed by atoms with Crippen molar-refractivity contribution in [1.29, 1.82) is 0 Å². The van der Waals surface area contributed by atoms with Gasteiger partial charge in [-0.25, -0.2) is 0 Å². The molecule has 0 saturated carbocycles. The summed E-state index contributed by atoms with van der Waals surface area (Å²) in [5.41, 5.74) is 8.19. The lowest BCUT2D eigenvalue weighted by Gasteiger charge is -2.16. The molecule has 0 unspecified atom stereocenters. The number of nitrogens with two attached hydrogens (primary N) is 1. The molecule has 0 spiro atoms. The molecular weight excluding hydrogens is 226 g/mol. The second-order valence-corrected chi connectivity index (χ2v) is 4.71. The zero-order valence-electron chi connectivity index (χ0n) is 11.5. The van der Waals surface area contributed by atoms with Crippen LogP contribution in [0.1, 0.15) is 25.3 Å². The maximum atomic E-state index is 11.9. The van der Waals surface area contributed by atoms with E-state index in [1.54, 1.807) is 6.07 Å². The minimum absolute atomic E-state index is 0.00213. The number of aryl methyl sites for hydroxylation is 1. The topological polar surface area (TPSA) is 58.4 Å². The summed E-state index contributed by atoms with van der Waals surface area (Å²) in [4.78, 5) is 13.9. The fourth-order valence-electron chi connectivity index (χ4n) is 1.72. The molecule has 18 heavy (non-hydrogen) atoms. The van der Waals surface area contributed by atoms with Crippen molar-refractivity contribution >= 4 is 17.3 Å². The van der Waals surface area contributed by atoms with Gasteiger partial charge in [0.15, 0.2) is 0 Å². The zero-order chi connectivity index (χ0) is 13.5. The van der Waals surface area contributed by atoms with Crippen LogP contribution in [0.25, 0.3) is 0 Å². The van der Waals surface area contributed by atoms with E-state index in [1.807, 2.05) is 31.0 Å². The lowest BCUT2D eigenvalue weighted by Crippen LogP contribution is -2.31. The van der Waals surface area contributed by atoms with Gasteiger partial charge in [-0.2, -0.15) is 0 Å². The van der Waals surface area contributed by atoms with Gasteiger partial charge in [0.25, 0.3) is 0 Å². The summed E-state index contributed by atoms with van der Waals surface area (Å²) < 4.78 is 0. The lowest BCUT2D eigenvalue weighted by molar-refractivity contribution is -0.117. The predicted octanol–water partition coefficient (Wildman–Crippen LogP) is 2.25. The Kier molecular flexibility index (Phi) is 5.65. The van der Waals surface area contributed by atoms with Gasteiger partial charge in [0.1, 0.15) is 0 Å². The van der Waals surface area contributed by atoms with Crippen LogP contribution in [0.4, 0.5) is 11.4 Å². The molecule has 3 N–H and O–H groups in total. The Bertz CT molecular complexity index is 404. The molecular formula is C14H23N3O. The van der Waals surface area contributed by atoms with Crippen LogP contribution in [0, 0.1) is 6.92 Å². The van der Waals surface area contributed by atoms with Crippen molar-refractivity contribution in [3.05, 3.63) is 23.8 Å². The molecule has 0 bridgehead atoms. The largest absolute Gasteiger partial charge is 0.399 e. The Morgan fingerprint density at radius 1 is 1.44 bits per heavy atom. The van der Waals surface area contributed by atoms with E-state index >= 15 is 0 Å². The number of carbonyl (C=O) groups is 1. The quantitative estimate of drug-likeness (QED) is 0.760. The number of nitrogen functional groups attached to an aromatic ring is 1. The Hall–Kier alpha value is -1.55. The number of likely N-dealkylation sites (N-methyl/N-ethyl adjacent to an activating group) is 1. The first kappa shape index (κ1) is 14.5. The van der Waals surface area contributed by atoms with Crippen LogP contribution in [-0.4, -0.2) is 30.9 Å². The molecule has 1 aromatic carbocycles. The van der Waals surface area contributed by atoms with Crippen LogP contribution in [0.3, 0.4) is 0 Å². The number of carbonyl (C=O) groups excluding carboxylic acids is 1. The number of nitrogens with zero attached hydrogens (tertiary/aromatic N) is 1. The van der Waals surface area contributed by atoms with Crippen molar-refractivity contribution < 1.29 is 4.79 Å². The number of unbranched alkanes of at least 4 members (excludes halogenated alkanes) is 1. The number of hydrogen-bond acceptors (Lipinski definition) is 3. The van der Waals surface area contributed by atoms with Gasteiger partial charge in [0.2, 0.25) is 5.91 Å². The van der Waals surface area contributed by atoms with E-state index in [1.165, 1.54) is 0 Å². The molecule has 1 rings (SSSR count). The van der Waals surface area contributed by atoms with Gasteiger partial charge in [-0.15, -0.1) is 0 Å². The molecule has 0 aliphatic heterocycles. The second-order valence-electron chi connectivity index (χ2n) is 4.71. The molecule has 0 fully saturated rings. The Balaban J connectivity index is 2.51. The van der Waals surface area contributed by atoms with Crippen LogP contribution >= 0.6 is 0 Å². The fourth-order valence-corrected chi connectivity index (χ4v) is 1.72. The maximum Gasteiger partial charge on any atom is 0.238 e. The highest BCUT2D eigenvalue weighted by molar-refractivity contribution is 5.93. The van der Waals surface area contributed by atoms with Gasteiger partial charge >= 0.3 is 0 Å². The van der Waals surface area contributed by atoms with Crippen LogP contribution in [0.15, 0.2) is 18.2 Å². The molecule has 0 aromatic heterocycles. The van der Waals surface area contributed by atoms with Crippen LogP contribution in [0.5, 0.6) is 0 Å². The maximum absolute atomic E-state index is 11.9. The third-order valence-corrected chi connectivity index (χ3v) is 2.84. The third kappa shape index (κ3) is 4.75. The zero-order valence-corrected chi connectivity index (χ0v) is 11.5. The molecule has 100 valence electrons. The van der Waals surface area contributed by atoms with E-state index in [2.05, 4.69) is 12.2 Å². The van der Waals surface area contributed by atoms with Crippen molar-refractivity contribution in [2.45, 2.75) is 26.7 Å². The highest BCUT2D eigenvalue weighted by Gasteiger charge is 2.08. The van der Waals surface area contributed by atoms with Gasteiger partial charge in [-0.1, -0.05) is 19.4 Å². The van der Waals surface area contributed by atoms with Gasteiger partial charge in [-0.3, -0.25) is 9.69 Å². The van der Waals surface area contributed by atoms with Crippen molar-refractivity contribution in [3.8, 4) is 0 Å². The molecule has 0 saturated heterocycles. The van der Waals surface area contributed by atoms with Gasteiger partial charge < -0.3 is 11.1 Å². The van der Waals surface area contributed by atoms with Crippen molar-refractivity contribution in [2.75, 3.05) is 31.2 Å². The summed E-state index contributed by atoms with van der Waals surface area (Å²) in [6.07, 6.45) is 2.25. The number of amides is 1. The molecule has 4 heteroatoms. The van der Waals surface area contributed by atoms with Crippen LogP contribution < -0.4 is 11.1 Å². The van der Waals surface area contributed by atoms with E-state index in [9.17, 15) is 4.79 Å². The summed E-state index contributed by atoms with van der Waals surface area (Å²) in [5, 5.41) is 2.90. The summed E-state index contributed by atoms with van der Waals surface area (Å²) in [5.74, 6) is 0.00213.